The van der Waals surface area contributed by atoms with E-state index in [-0.39, 0.29) is 29.4 Å². The highest BCUT2D eigenvalue weighted by Gasteiger charge is 2.21. The van der Waals surface area contributed by atoms with Crippen LogP contribution in [0.3, 0.4) is 0 Å². The van der Waals surface area contributed by atoms with Crippen LogP contribution in [0.25, 0.3) is 10.9 Å². The van der Waals surface area contributed by atoms with Crippen molar-refractivity contribution in [2.75, 3.05) is 12.4 Å². The Labute approximate surface area is 182 Å². The summed E-state index contributed by atoms with van der Waals surface area (Å²) < 4.78 is 7.42. The molecule has 6 nitrogen and oxygen atoms in total. The first-order valence-corrected chi connectivity index (χ1v) is 12.0. The second kappa shape index (κ2) is 11.0. The third kappa shape index (κ3) is 6.32. The molecule has 1 aliphatic heterocycles. The number of hydrogen-bond acceptors (Lipinski definition) is 5. The molecule has 164 valence electrons. The van der Waals surface area contributed by atoms with Crippen LogP contribution < -0.4 is 10.9 Å². The van der Waals surface area contributed by atoms with Gasteiger partial charge in [0.25, 0.3) is 5.56 Å². The number of carbonyl (C=O) groups excluding carboxylic acids is 1. The Morgan fingerprint density at radius 3 is 2.83 bits per heavy atom. The largest absolute Gasteiger partial charge is 0.376 e. The van der Waals surface area contributed by atoms with Crippen molar-refractivity contribution in [2.45, 2.75) is 76.7 Å². The zero-order valence-electron chi connectivity index (χ0n) is 18.2. The fourth-order valence-electron chi connectivity index (χ4n) is 3.76. The van der Waals surface area contributed by atoms with Crippen LogP contribution in [0.2, 0.25) is 0 Å². The van der Waals surface area contributed by atoms with Gasteiger partial charge >= 0.3 is 0 Å². The van der Waals surface area contributed by atoms with Gasteiger partial charge in [-0.3, -0.25) is 14.2 Å². The number of benzene rings is 1. The minimum absolute atomic E-state index is 0.0249. The van der Waals surface area contributed by atoms with Crippen LogP contribution in [-0.4, -0.2) is 40.0 Å². The van der Waals surface area contributed by atoms with E-state index in [0.717, 1.165) is 32.3 Å². The topological polar surface area (TPSA) is 73.2 Å². The van der Waals surface area contributed by atoms with Crippen molar-refractivity contribution in [2.24, 2.45) is 5.92 Å². The minimum Gasteiger partial charge on any atom is -0.376 e. The summed E-state index contributed by atoms with van der Waals surface area (Å²) >= 11 is 1.32. The molecule has 3 rings (SSSR count). The molecule has 0 bridgehead atoms. The highest BCUT2D eigenvalue weighted by Crippen LogP contribution is 2.21. The van der Waals surface area contributed by atoms with E-state index < -0.39 is 0 Å². The number of rotatable bonds is 10. The third-order valence-corrected chi connectivity index (χ3v) is 6.37. The van der Waals surface area contributed by atoms with Crippen LogP contribution in [0.5, 0.6) is 0 Å². The van der Waals surface area contributed by atoms with Crippen molar-refractivity contribution in [1.29, 1.82) is 0 Å². The van der Waals surface area contributed by atoms with Gasteiger partial charge in [-0.2, -0.15) is 0 Å². The molecule has 0 radical (unpaired) electrons. The molecular formula is C23H33N3O3S. The quantitative estimate of drug-likeness (QED) is 0.455. The normalized spacial score (nSPS) is 17.5. The molecule has 1 amide bonds. The summed E-state index contributed by atoms with van der Waals surface area (Å²) in [6.07, 6.45) is 5.25. The molecule has 0 spiro atoms. The molecule has 1 N–H and O–H groups in total. The molecule has 2 heterocycles. The SMILES string of the molecule is CC(C)CCC[C@@H](C)NC(=O)CSc1nc2ccccc2c(=O)n1C[C@@H]1CCCO1. The third-order valence-electron chi connectivity index (χ3n) is 5.40. The van der Waals surface area contributed by atoms with E-state index in [1.54, 1.807) is 10.6 Å². The molecule has 7 heteroatoms. The number of carbonyl (C=O) groups is 1. The first-order valence-electron chi connectivity index (χ1n) is 11.0. The van der Waals surface area contributed by atoms with E-state index in [2.05, 4.69) is 24.1 Å². The van der Waals surface area contributed by atoms with Crippen molar-refractivity contribution < 1.29 is 9.53 Å². The number of hydrogen-bond donors (Lipinski definition) is 1. The monoisotopic (exact) mass is 431 g/mol. The maximum atomic E-state index is 13.1. The summed E-state index contributed by atoms with van der Waals surface area (Å²) in [4.78, 5) is 30.2. The smallest absolute Gasteiger partial charge is 0.262 e. The molecule has 1 aromatic heterocycles. The van der Waals surface area contributed by atoms with E-state index in [4.69, 9.17) is 4.74 Å². The maximum absolute atomic E-state index is 13.1. The Balaban J connectivity index is 1.68. The average molecular weight is 432 g/mol. The number of ether oxygens (including phenoxy) is 1. The first-order chi connectivity index (χ1) is 14.4. The number of nitrogens with zero attached hydrogens (tertiary/aromatic N) is 2. The van der Waals surface area contributed by atoms with Crippen LogP contribution in [0, 0.1) is 5.92 Å². The van der Waals surface area contributed by atoms with Gasteiger partial charge in [-0.05, 0) is 44.2 Å². The summed E-state index contributed by atoms with van der Waals surface area (Å²) in [7, 11) is 0. The fraction of sp³-hybridized carbons (Fsp3) is 0.609. The molecule has 0 unspecified atom stereocenters. The molecule has 1 fully saturated rings. The lowest BCUT2D eigenvalue weighted by Gasteiger charge is -2.17. The van der Waals surface area contributed by atoms with Crippen LogP contribution in [0.15, 0.2) is 34.2 Å². The predicted octanol–water partition coefficient (Wildman–Crippen LogP) is 4.00. The number of para-hydroxylation sites is 1. The van der Waals surface area contributed by atoms with Gasteiger partial charge in [0.05, 0.1) is 29.3 Å². The van der Waals surface area contributed by atoms with Gasteiger partial charge in [0.2, 0.25) is 5.91 Å². The Kier molecular flexibility index (Phi) is 8.33. The van der Waals surface area contributed by atoms with Crippen molar-refractivity contribution >= 4 is 28.6 Å². The van der Waals surface area contributed by atoms with E-state index >= 15 is 0 Å². The van der Waals surface area contributed by atoms with Crippen molar-refractivity contribution in [3.05, 3.63) is 34.6 Å². The Bertz CT molecular complexity index is 906. The van der Waals surface area contributed by atoms with Gasteiger partial charge in [-0.15, -0.1) is 0 Å². The fourth-order valence-corrected chi connectivity index (χ4v) is 4.58. The summed E-state index contributed by atoms with van der Waals surface area (Å²) in [6, 6.07) is 7.52. The molecule has 1 aromatic carbocycles. The predicted molar refractivity (Wildman–Crippen MR) is 122 cm³/mol. The van der Waals surface area contributed by atoms with Gasteiger partial charge in [-0.1, -0.05) is 50.6 Å². The first kappa shape index (κ1) is 22.8. The average Bonchev–Trinajstić information content (AvgIpc) is 3.22. The van der Waals surface area contributed by atoms with Crippen LogP contribution in [0.1, 0.15) is 52.9 Å². The number of fused-ring (bicyclic) bond motifs is 1. The summed E-state index contributed by atoms with van der Waals surface area (Å²) in [5, 5.41) is 4.25. The number of thioether (sulfide) groups is 1. The number of amides is 1. The van der Waals surface area contributed by atoms with E-state index in [1.807, 2.05) is 25.1 Å². The number of nitrogens with one attached hydrogen (secondary N) is 1. The summed E-state index contributed by atoms with van der Waals surface area (Å²) in [5.41, 5.74) is 0.595. The van der Waals surface area contributed by atoms with Crippen LogP contribution in [-0.2, 0) is 16.1 Å². The second-order valence-corrected chi connectivity index (χ2v) is 9.49. The lowest BCUT2D eigenvalue weighted by Crippen LogP contribution is -2.34. The zero-order valence-corrected chi connectivity index (χ0v) is 19.0. The molecule has 2 atom stereocenters. The molecule has 0 aliphatic carbocycles. The highest BCUT2D eigenvalue weighted by atomic mass is 32.2. The maximum Gasteiger partial charge on any atom is 0.262 e. The Morgan fingerprint density at radius 1 is 1.30 bits per heavy atom. The lowest BCUT2D eigenvalue weighted by molar-refractivity contribution is -0.119. The van der Waals surface area contributed by atoms with Crippen molar-refractivity contribution in [1.82, 2.24) is 14.9 Å². The summed E-state index contributed by atoms with van der Waals surface area (Å²) in [6.45, 7) is 7.69. The molecule has 0 saturated carbocycles. The van der Waals surface area contributed by atoms with Crippen LogP contribution in [0.4, 0.5) is 0 Å². The van der Waals surface area contributed by atoms with Gasteiger partial charge in [0, 0.05) is 12.6 Å². The van der Waals surface area contributed by atoms with Crippen molar-refractivity contribution in [3.8, 4) is 0 Å². The van der Waals surface area contributed by atoms with E-state index in [0.29, 0.717) is 28.5 Å². The lowest BCUT2D eigenvalue weighted by atomic mass is 10.0. The minimum atomic E-state index is -0.0685. The van der Waals surface area contributed by atoms with Gasteiger partial charge in [0.1, 0.15) is 0 Å². The standard InChI is InChI=1S/C23H33N3O3S/c1-16(2)8-6-9-17(3)24-21(27)15-30-23-25-20-12-5-4-11-19(20)22(28)26(23)14-18-10-7-13-29-18/h4-5,11-12,16-18H,6-10,13-15H2,1-3H3,(H,24,27)/t17-,18+/m1/s1. The van der Waals surface area contributed by atoms with E-state index in [1.165, 1.54) is 18.2 Å². The summed E-state index contributed by atoms with van der Waals surface area (Å²) in [5.74, 6) is 0.899. The van der Waals surface area contributed by atoms with Gasteiger partial charge in [-0.25, -0.2) is 4.98 Å². The van der Waals surface area contributed by atoms with E-state index in [9.17, 15) is 9.59 Å². The zero-order chi connectivity index (χ0) is 21.5. The van der Waals surface area contributed by atoms with Crippen molar-refractivity contribution in [3.63, 3.8) is 0 Å². The van der Waals surface area contributed by atoms with Gasteiger partial charge < -0.3 is 10.1 Å². The molecule has 1 aliphatic rings. The molecule has 1 saturated heterocycles. The second-order valence-electron chi connectivity index (χ2n) is 8.54. The molecule has 2 aromatic rings. The van der Waals surface area contributed by atoms with Gasteiger partial charge in [0.15, 0.2) is 5.16 Å². The number of aromatic nitrogens is 2. The van der Waals surface area contributed by atoms with Crippen LogP contribution >= 0.6 is 11.8 Å². The highest BCUT2D eigenvalue weighted by molar-refractivity contribution is 7.99. The Morgan fingerprint density at radius 2 is 2.10 bits per heavy atom. The molecular weight excluding hydrogens is 398 g/mol. The molecule has 30 heavy (non-hydrogen) atoms. The Hall–Kier alpha value is -1.86.